The molecule has 138 valence electrons. The summed E-state index contributed by atoms with van der Waals surface area (Å²) in [5.74, 6) is -1.71. The third-order valence-electron chi connectivity index (χ3n) is 4.26. The molecular formula is C18H29FO5. The van der Waals surface area contributed by atoms with E-state index in [1.54, 1.807) is 19.9 Å². The molecule has 0 amide bonds. The lowest BCUT2D eigenvalue weighted by molar-refractivity contribution is -0.162. The lowest BCUT2D eigenvalue weighted by Gasteiger charge is -2.36. The molecular weight excluding hydrogens is 315 g/mol. The molecule has 2 aliphatic rings. The Balaban J connectivity index is 0.000000505. The molecule has 0 aromatic heterocycles. The molecule has 2 rings (SSSR count). The fraction of sp³-hybridized carbons (Fsp3) is 0.778. The summed E-state index contributed by atoms with van der Waals surface area (Å²) in [5, 5.41) is 0. The van der Waals surface area contributed by atoms with Gasteiger partial charge in [-0.15, -0.1) is 0 Å². The van der Waals surface area contributed by atoms with Crippen LogP contribution in [0.25, 0.3) is 0 Å². The molecule has 2 unspecified atom stereocenters. The largest absolute Gasteiger partial charge is 0.468 e. The van der Waals surface area contributed by atoms with E-state index >= 15 is 0 Å². The summed E-state index contributed by atoms with van der Waals surface area (Å²) in [7, 11) is 0. The highest BCUT2D eigenvalue weighted by Crippen LogP contribution is 2.41. The molecule has 5 nitrogen and oxygen atoms in total. The Labute approximate surface area is 143 Å². The van der Waals surface area contributed by atoms with Gasteiger partial charge >= 0.3 is 5.97 Å². The van der Waals surface area contributed by atoms with Crippen molar-refractivity contribution < 1.29 is 28.2 Å². The number of halogens is 1. The highest BCUT2D eigenvalue weighted by molar-refractivity contribution is 5.86. The van der Waals surface area contributed by atoms with E-state index in [-0.39, 0.29) is 18.3 Å². The maximum Gasteiger partial charge on any atom is 0.373 e. The summed E-state index contributed by atoms with van der Waals surface area (Å²) >= 11 is 0. The number of ether oxygens (including phenoxy) is 3. The molecule has 0 spiro atoms. The Morgan fingerprint density at radius 2 is 2.00 bits per heavy atom. The summed E-state index contributed by atoms with van der Waals surface area (Å²) < 4.78 is 28.4. The van der Waals surface area contributed by atoms with Crippen LogP contribution < -0.4 is 0 Å². The highest BCUT2D eigenvalue weighted by Gasteiger charge is 2.39. The zero-order valence-electron chi connectivity index (χ0n) is 14.9. The van der Waals surface area contributed by atoms with Crippen LogP contribution in [-0.2, 0) is 23.8 Å². The number of carbonyl (C=O) groups is 2. The second kappa shape index (κ2) is 10.3. The summed E-state index contributed by atoms with van der Waals surface area (Å²) in [5.41, 5.74) is 0. The number of hydrogen-bond acceptors (Lipinski definition) is 5. The van der Waals surface area contributed by atoms with Crippen molar-refractivity contribution in [3.8, 4) is 0 Å². The summed E-state index contributed by atoms with van der Waals surface area (Å²) in [4.78, 5) is 20.9. The maximum atomic E-state index is 14.3. The van der Waals surface area contributed by atoms with Crippen molar-refractivity contribution in [2.75, 3.05) is 13.2 Å². The number of allylic oxidation sites excluding steroid dienone is 1. The van der Waals surface area contributed by atoms with Crippen LogP contribution in [0.3, 0.4) is 0 Å². The Morgan fingerprint density at radius 1 is 1.33 bits per heavy atom. The first-order chi connectivity index (χ1) is 11.4. The Morgan fingerprint density at radius 3 is 2.50 bits per heavy atom. The van der Waals surface area contributed by atoms with Crippen molar-refractivity contribution in [2.45, 2.75) is 65.2 Å². The number of alkyl halides is 1. The van der Waals surface area contributed by atoms with E-state index in [1.165, 1.54) is 26.2 Å². The molecule has 1 aliphatic carbocycles. The minimum absolute atomic E-state index is 0.0497. The quantitative estimate of drug-likeness (QED) is 0.559. The average molecular weight is 344 g/mol. The topological polar surface area (TPSA) is 61.8 Å². The lowest BCUT2D eigenvalue weighted by Crippen LogP contribution is -2.35. The summed E-state index contributed by atoms with van der Waals surface area (Å²) in [6.07, 6.45) is 8.03. The third-order valence-corrected chi connectivity index (χ3v) is 4.26. The molecule has 1 saturated carbocycles. The van der Waals surface area contributed by atoms with E-state index in [9.17, 15) is 14.0 Å². The van der Waals surface area contributed by atoms with Gasteiger partial charge < -0.3 is 14.2 Å². The first-order valence-corrected chi connectivity index (χ1v) is 8.75. The van der Waals surface area contributed by atoms with E-state index in [4.69, 9.17) is 9.47 Å². The average Bonchev–Trinajstić information content (AvgIpc) is 2.56. The first kappa shape index (κ1) is 20.5. The lowest BCUT2D eigenvalue weighted by atomic mass is 9.76. The SMILES string of the molecule is CCOC(=O)C1=CC(C2CCCCC2)CC(C)(F)O1.CCOC=O. The van der Waals surface area contributed by atoms with Crippen molar-refractivity contribution in [1.82, 2.24) is 0 Å². The van der Waals surface area contributed by atoms with Crippen LogP contribution in [0.15, 0.2) is 11.8 Å². The number of carbonyl (C=O) groups excluding carboxylic acids is 2. The van der Waals surface area contributed by atoms with Gasteiger partial charge in [-0.25, -0.2) is 4.79 Å². The minimum Gasteiger partial charge on any atom is -0.468 e. The van der Waals surface area contributed by atoms with Crippen molar-refractivity contribution in [3.05, 3.63) is 11.8 Å². The molecule has 6 heteroatoms. The number of hydrogen-bond donors (Lipinski definition) is 0. The van der Waals surface area contributed by atoms with Gasteiger partial charge in [-0.1, -0.05) is 19.3 Å². The third kappa shape index (κ3) is 6.89. The predicted octanol–water partition coefficient (Wildman–Crippen LogP) is 3.92. The molecule has 0 radical (unpaired) electrons. The van der Waals surface area contributed by atoms with Gasteiger partial charge in [0.05, 0.1) is 13.2 Å². The van der Waals surface area contributed by atoms with Gasteiger partial charge in [-0.05, 0) is 44.6 Å². The van der Waals surface area contributed by atoms with Crippen LogP contribution in [0.4, 0.5) is 4.39 Å². The fourth-order valence-corrected chi connectivity index (χ4v) is 3.22. The number of rotatable bonds is 5. The van der Waals surface area contributed by atoms with E-state index < -0.39 is 11.8 Å². The maximum absolute atomic E-state index is 14.3. The molecule has 0 aromatic rings. The van der Waals surface area contributed by atoms with Crippen LogP contribution in [0.1, 0.15) is 59.3 Å². The van der Waals surface area contributed by atoms with Gasteiger partial charge in [0, 0.05) is 13.3 Å². The highest BCUT2D eigenvalue weighted by atomic mass is 19.2. The van der Waals surface area contributed by atoms with Crippen molar-refractivity contribution in [1.29, 1.82) is 0 Å². The van der Waals surface area contributed by atoms with Gasteiger partial charge in [0.25, 0.3) is 6.47 Å². The van der Waals surface area contributed by atoms with Crippen molar-refractivity contribution in [3.63, 3.8) is 0 Å². The molecule has 1 heterocycles. The molecule has 1 aliphatic heterocycles. The second-order valence-electron chi connectivity index (χ2n) is 6.27. The normalized spacial score (nSPS) is 27.0. The smallest absolute Gasteiger partial charge is 0.373 e. The van der Waals surface area contributed by atoms with E-state index in [2.05, 4.69) is 4.74 Å². The van der Waals surface area contributed by atoms with Crippen LogP contribution in [-0.4, -0.2) is 31.5 Å². The number of esters is 1. The Kier molecular flexibility index (Phi) is 8.79. The Hall–Kier alpha value is -1.59. The van der Waals surface area contributed by atoms with Crippen LogP contribution >= 0.6 is 0 Å². The van der Waals surface area contributed by atoms with Gasteiger partial charge in [0.1, 0.15) is 0 Å². The van der Waals surface area contributed by atoms with Gasteiger partial charge in [0.15, 0.2) is 0 Å². The standard InChI is InChI=1S/C15H23FO3.C3H6O2/c1-3-18-14(17)13-9-12(10-15(2,16)19-13)11-7-5-4-6-8-11;1-2-5-3-4/h9,11-12H,3-8,10H2,1-2H3;3H,2H2,1H3. The zero-order valence-corrected chi connectivity index (χ0v) is 14.9. The Bertz CT molecular complexity index is 427. The van der Waals surface area contributed by atoms with E-state index in [0.29, 0.717) is 25.4 Å². The monoisotopic (exact) mass is 344 g/mol. The minimum atomic E-state index is -1.76. The summed E-state index contributed by atoms with van der Waals surface area (Å²) in [6.45, 7) is 6.07. The zero-order chi connectivity index (χ0) is 18.0. The molecule has 0 N–H and O–H groups in total. The van der Waals surface area contributed by atoms with Crippen molar-refractivity contribution >= 4 is 12.4 Å². The van der Waals surface area contributed by atoms with Gasteiger partial charge in [-0.3, -0.25) is 4.79 Å². The summed E-state index contributed by atoms with van der Waals surface area (Å²) in [6, 6.07) is 0. The molecule has 0 saturated heterocycles. The van der Waals surface area contributed by atoms with Crippen LogP contribution in [0, 0.1) is 11.8 Å². The molecule has 0 aromatic carbocycles. The van der Waals surface area contributed by atoms with Crippen molar-refractivity contribution in [2.24, 2.45) is 11.8 Å². The van der Waals surface area contributed by atoms with E-state index in [1.807, 2.05) is 0 Å². The van der Waals surface area contributed by atoms with E-state index in [0.717, 1.165) is 12.8 Å². The predicted molar refractivity (Wildman–Crippen MR) is 87.7 cm³/mol. The fourth-order valence-electron chi connectivity index (χ4n) is 3.22. The van der Waals surface area contributed by atoms with Crippen LogP contribution in [0.2, 0.25) is 0 Å². The molecule has 2 atom stereocenters. The molecule has 1 fully saturated rings. The van der Waals surface area contributed by atoms with Gasteiger partial charge in [-0.2, -0.15) is 4.39 Å². The first-order valence-electron chi connectivity index (χ1n) is 8.75. The molecule has 0 bridgehead atoms. The van der Waals surface area contributed by atoms with Crippen LogP contribution in [0.5, 0.6) is 0 Å². The molecule has 24 heavy (non-hydrogen) atoms. The van der Waals surface area contributed by atoms with Gasteiger partial charge in [0.2, 0.25) is 11.6 Å². The second-order valence-corrected chi connectivity index (χ2v) is 6.27.